The zero-order valence-electron chi connectivity index (χ0n) is 12.8. The summed E-state index contributed by atoms with van der Waals surface area (Å²) in [6.45, 7) is 5.99. The van der Waals surface area contributed by atoms with Crippen molar-refractivity contribution in [2.45, 2.75) is 12.1 Å². The Bertz CT molecular complexity index is 389. The SMILES string of the molecule is CCNc1cc(NCCOCCN(C)C)nc(SC)n1. The molecule has 20 heavy (non-hydrogen) atoms. The molecule has 0 saturated carbocycles. The van der Waals surface area contributed by atoms with Crippen molar-refractivity contribution in [1.29, 1.82) is 0 Å². The van der Waals surface area contributed by atoms with Crippen LogP contribution in [0.2, 0.25) is 0 Å². The van der Waals surface area contributed by atoms with Crippen molar-refractivity contribution in [2.75, 3.05) is 63.8 Å². The van der Waals surface area contributed by atoms with E-state index < -0.39 is 0 Å². The average molecular weight is 299 g/mol. The molecule has 0 spiro atoms. The van der Waals surface area contributed by atoms with Crippen molar-refractivity contribution in [2.24, 2.45) is 0 Å². The monoisotopic (exact) mass is 299 g/mol. The Hall–Kier alpha value is -1.05. The van der Waals surface area contributed by atoms with Crippen LogP contribution < -0.4 is 10.6 Å². The number of hydrogen-bond acceptors (Lipinski definition) is 7. The second-order valence-corrected chi connectivity index (χ2v) is 5.27. The van der Waals surface area contributed by atoms with Crippen LogP contribution in [0.25, 0.3) is 0 Å². The maximum absolute atomic E-state index is 5.53. The molecule has 0 saturated heterocycles. The van der Waals surface area contributed by atoms with Gasteiger partial charge in [0.05, 0.1) is 13.2 Å². The fraction of sp³-hybridized carbons (Fsp3) is 0.692. The van der Waals surface area contributed by atoms with Gasteiger partial charge in [-0.25, -0.2) is 9.97 Å². The minimum atomic E-state index is 0.670. The molecule has 0 atom stereocenters. The number of hydrogen-bond donors (Lipinski definition) is 2. The molecule has 1 rings (SSSR count). The van der Waals surface area contributed by atoms with Crippen LogP contribution in [-0.2, 0) is 4.74 Å². The van der Waals surface area contributed by atoms with E-state index >= 15 is 0 Å². The Morgan fingerprint density at radius 3 is 2.50 bits per heavy atom. The van der Waals surface area contributed by atoms with Gasteiger partial charge >= 0.3 is 0 Å². The molecule has 0 unspecified atom stereocenters. The normalized spacial score (nSPS) is 10.8. The number of thioether (sulfide) groups is 1. The van der Waals surface area contributed by atoms with Gasteiger partial charge in [-0.3, -0.25) is 0 Å². The largest absolute Gasteiger partial charge is 0.378 e. The highest BCUT2D eigenvalue weighted by Gasteiger charge is 2.03. The molecule has 0 aliphatic carbocycles. The van der Waals surface area contributed by atoms with E-state index in [0.29, 0.717) is 6.61 Å². The molecule has 0 aliphatic rings. The van der Waals surface area contributed by atoms with Gasteiger partial charge in [-0.2, -0.15) is 0 Å². The molecule has 0 aliphatic heterocycles. The molecule has 114 valence electrons. The predicted molar refractivity (Wildman–Crippen MR) is 85.8 cm³/mol. The van der Waals surface area contributed by atoms with E-state index in [0.717, 1.165) is 43.0 Å². The molecule has 7 heteroatoms. The fourth-order valence-corrected chi connectivity index (χ4v) is 1.86. The van der Waals surface area contributed by atoms with Crippen molar-refractivity contribution < 1.29 is 4.74 Å². The quantitative estimate of drug-likeness (QED) is 0.387. The highest BCUT2D eigenvalue weighted by atomic mass is 32.2. The minimum absolute atomic E-state index is 0.670. The number of nitrogens with one attached hydrogen (secondary N) is 2. The van der Waals surface area contributed by atoms with Crippen molar-refractivity contribution in [3.8, 4) is 0 Å². The van der Waals surface area contributed by atoms with E-state index in [1.807, 2.05) is 33.3 Å². The van der Waals surface area contributed by atoms with Crippen molar-refractivity contribution in [3.63, 3.8) is 0 Å². The van der Waals surface area contributed by atoms with Crippen molar-refractivity contribution in [1.82, 2.24) is 14.9 Å². The molecule has 1 heterocycles. The van der Waals surface area contributed by atoms with E-state index in [1.54, 1.807) is 0 Å². The van der Waals surface area contributed by atoms with E-state index in [1.165, 1.54) is 11.8 Å². The highest BCUT2D eigenvalue weighted by molar-refractivity contribution is 7.98. The van der Waals surface area contributed by atoms with Crippen molar-refractivity contribution >= 4 is 23.4 Å². The first-order valence-corrected chi connectivity index (χ1v) is 8.01. The van der Waals surface area contributed by atoms with Crippen LogP contribution in [0.4, 0.5) is 11.6 Å². The molecule has 0 bridgehead atoms. The number of likely N-dealkylation sites (N-methyl/N-ethyl adjacent to an activating group) is 1. The smallest absolute Gasteiger partial charge is 0.191 e. The van der Waals surface area contributed by atoms with Gasteiger partial charge in [0.2, 0.25) is 0 Å². The van der Waals surface area contributed by atoms with Gasteiger partial charge in [-0.15, -0.1) is 0 Å². The lowest BCUT2D eigenvalue weighted by Gasteiger charge is -2.11. The molecular formula is C13H25N5OS. The topological polar surface area (TPSA) is 62.3 Å². The van der Waals surface area contributed by atoms with E-state index in [2.05, 4.69) is 25.5 Å². The van der Waals surface area contributed by atoms with Gasteiger partial charge in [0, 0.05) is 25.7 Å². The molecule has 1 aromatic rings. The molecular weight excluding hydrogens is 274 g/mol. The summed E-state index contributed by atoms with van der Waals surface area (Å²) in [5.41, 5.74) is 0. The Kier molecular flexibility index (Phi) is 8.32. The summed E-state index contributed by atoms with van der Waals surface area (Å²) in [4.78, 5) is 10.9. The van der Waals surface area contributed by atoms with Crippen LogP contribution in [-0.4, -0.2) is 68.1 Å². The summed E-state index contributed by atoms with van der Waals surface area (Å²) in [6.07, 6.45) is 1.97. The lowest BCUT2D eigenvalue weighted by molar-refractivity contribution is 0.126. The van der Waals surface area contributed by atoms with Crippen LogP contribution in [0.1, 0.15) is 6.92 Å². The Balaban J connectivity index is 2.36. The second kappa shape index (κ2) is 9.79. The lowest BCUT2D eigenvalue weighted by atomic mass is 10.5. The summed E-state index contributed by atoms with van der Waals surface area (Å²) in [7, 11) is 4.07. The van der Waals surface area contributed by atoms with Gasteiger partial charge in [-0.05, 0) is 27.3 Å². The number of nitrogens with zero attached hydrogens (tertiary/aromatic N) is 3. The van der Waals surface area contributed by atoms with Gasteiger partial charge in [-0.1, -0.05) is 11.8 Å². The molecule has 0 amide bonds. The van der Waals surface area contributed by atoms with E-state index in [-0.39, 0.29) is 0 Å². The Labute approximate surface area is 125 Å². The van der Waals surface area contributed by atoms with Gasteiger partial charge in [0.1, 0.15) is 11.6 Å². The maximum atomic E-state index is 5.53. The molecule has 2 N–H and O–H groups in total. The first-order valence-electron chi connectivity index (χ1n) is 6.79. The number of aromatic nitrogens is 2. The third-order valence-electron chi connectivity index (χ3n) is 2.48. The van der Waals surface area contributed by atoms with Gasteiger partial charge < -0.3 is 20.3 Å². The Morgan fingerprint density at radius 2 is 1.90 bits per heavy atom. The van der Waals surface area contributed by atoms with Gasteiger partial charge in [0.15, 0.2) is 5.16 Å². The first-order chi connectivity index (χ1) is 9.65. The molecule has 1 aromatic heterocycles. The third kappa shape index (κ3) is 6.93. The Morgan fingerprint density at radius 1 is 1.20 bits per heavy atom. The zero-order chi connectivity index (χ0) is 14.8. The van der Waals surface area contributed by atoms with Crippen LogP contribution in [0.3, 0.4) is 0 Å². The molecule has 0 radical (unpaired) electrons. The first kappa shape index (κ1) is 17.0. The summed E-state index contributed by atoms with van der Waals surface area (Å²) < 4.78 is 5.53. The van der Waals surface area contributed by atoms with Crippen LogP contribution in [0.15, 0.2) is 11.2 Å². The summed E-state index contributed by atoms with van der Waals surface area (Å²) in [6, 6.07) is 1.92. The van der Waals surface area contributed by atoms with Crippen LogP contribution in [0.5, 0.6) is 0 Å². The lowest BCUT2D eigenvalue weighted by Crippen LogP contribution is -2.20. The average Bonchev–Trinajstić information content (AvgIpc) is 2.42. The summed E-state index contributed by atoms with van der Waals surface area (Å²) in [5.74, 6) is 1.68. The number of rotatable bonds is 10. The zero-order valence-corrected chi connectivity index (χ0v) is 13.6. The maximum Gasteiger partial charge on any atom is 0.191 e. The number of ether oxygens (including phenoxy) is 1. The molecule has 0 fully saturated rings. The second-order valence-electron chi connectivity index (χ2n) is 4.50. The van der Waals surface area contributed by atoms with Crippen molar-refractivity contribution in [3.05, 3.63) is 6.07 Å². The summed E-state index contributed by atoms with van der Waals surface area (Å²) >= 11 is 1.53. The predicted octanol–water partition coefficient (Wildman–Crippen LogP) is 1.62. The van der Waals surface area contributed by atoms with Gasteiger partial charge in [0.25, 0.3) is 0 Å². The number of anilines is 2. The third-order valence-corrected chi connectivity index (χ3v) is 3.03. The minimum Gasteiger partial charge on any atom is -0.378 e. The van der Waals surface area contributed by atoms with Crippen LogP contribution in [0, 0.1) is 0 Å². The van der Waals surface area contributed by atoms with E-state index in [9.17, 15) is 0 Å². The summed E-state index contributed by atoms with van der Waals surface area (Å²) in [5, 5.41) is 7.23. The molecule has 0 aromatic carbocycles. The highest BCUT2D eigenvalue weighted by Crippen LogP contribution is 2.16. The van der Waals surface area contributed by atoms with Crippen LogP contribution >= 0.6 is 11.8 Å². The van der Waals surface area contributed by atoms with E-state index in [4.69, 9.17) is 4.74 Å². The standard InChI is InChI=1S/C13H25N5OS/c1-5-14-11-10-12(17-13(16-11)20-4)15-6-8-19-9-7-18(2)3/h10H,5-9H2,1-4H3,(H2,14,15,16,17). The fourth-order valence-electron chi connectivity index (χ4n) is 1.48. The molecule has 6 nitrogen and oxygen atoms in total.